The molecule has 1 aliphatic carbocycles. The molecule has 0 bridgehead atoms. The Morgan fingerprint density at radius 2 is 2.08 bits per heavy atom. The number of hydrogen-bond acceptors (Lipinski definition) is 3. The molecule has 0 heterocycles. The SMILES string of the molecule is O=S(=O)(CBr)NCC1(O)CCC1. The van der Waals surface area contributed by atoms with Crippen LogP contribution in [-0.2, 0) is 10.0 Å². The van der Waals surface area contributed by atoms with Crippen molar-refractivity contribution in [2.24, 2.45) is 0 Å². The summed E-state index contributed by atoms with van der Waals surface area (Å²) in [6, 6.07) is 0. The molecule has 0 aromatic heterocycles. The van der Waals surface area contributed by atoms with Gasteiger partial charge < -0.3 is 5.11 Å². The number of halogens is 1. The molecule has 0 spiro atoms. The molecular weight excluding hydrogens is 246 g/mol. The van der Waals surface area contributed by atoms with Crippen molar-refractivity contribution in [3.63, 3.8) is 0 Å². The molecule has 1 aliphatic rings. The van der Waals surface area contributed by atoms with Crippen molar-refractivity contribution < 1.29 is 13.5 Å². The van der Waals surface area contributed by atoms with Crippen LogP contribution in [0.1, 0.15) is 19.3 Å². The number of nitrogens with one attached hydrogen (secondary N) is 1. The van der Waals surface area contributed by atoms with Crippen LogP contribution in [0.25, 0.3) is 0 Å². The number of aliphatic hydroxyl groups is 1. The first-order valence-electron chi connectivity index (χ1n) is 3.73. The van der Waals surface area contributed by atoms with Crippen LogP contribution in [0.3, 0.4) is 0 Å². The Hall–Kier alpha value is 0.350. The molecule has 1 saturated carbocycles. The average molecular weight is 258 g/mol. The van der Waals surface area contributed by atoms with Gasteiger partial charge in [-0.1, -0.05) is 15.9 Å². The fourth-order valence-corrected chi connectivity index (χ4v) is 2.10. The van der Waals surface area contributed by atoms with Crippen LogP contribution in [0.5, 0.6) is 0 Å². The van der Waals surface area contributed by atoms with Crippen molar-refractivity contribution in [1.29, 1.82) is 0 Å². The number of alkyl halides is 1. The highest BCUT2D eigenvalue weighted by atomic mass is 79.9. The van der Waals surface area contributed by atoms with Crippen molar-refractivity contribution in [3.8, 4) is 0 Å². The predicted molar refractivity (Wildman–Crippen MR) is 49.5 cm³/mol. The summed E-state index contributed by atoms with van der Waals surface area (Å²) in [4.78, 5) is 0. The minimum atomic E-state index is -3.22. The molecule has 0 radical (unpaired) electrons. The van der Waals surface area contributed by atoms with E-state index in [4.69, 9.17) is 0 Å². The fourth-order valence-electron chi connectivity index (χ4n) is 1.04. The number of rotatable bonds is 4. The van der Waals surface area contributed by atoms with Gasteiger partial charge in [0.2, 0.25) is 10.0 Å². The summed E-state index contributed by atoms with van der Waals surface area (Å²) in [7, 11) is -3.22. The second kappa shape index (κ2) is 3.61. The van der Waals surface area contributed by atoms with Gasteiger partial charge in [0.05, 0.1) is 5.60 Å². The normalized spacial score (nSPS) is 21.8. The van der Waals surface area contributed by atoms with Crippen LogP contribution >= 0.6 is 15.9 Å². The van der Waals surface area contributed by atoms with E-state index in [-0.39, 0.29) is 11.2 Å². The standard InChI is InChI=1S/C6H12BrNO3S/c7-5-12(10,11)8-4-6(9)2-1-3-6/h8-9H,1-5H2. The lowest BCUT2D eigenvalue weighted by atomic mass is 9.81. The number of sulfonamides is 1. The first-order valence-corrected chi connectivity index (χ1v) is 6.50. The lowest BCUT2D eigenvalue weighted by Gasteiger charge is -2.36. The first-order chi connectivity index (χ1) is 5.47. The molecule has 72 valence electrons. The topological polar surface area (TPSA) is 66.4 Å². The van der Waals surface area contributed by atoms with E-state index >= 15 is 0 Å². The van der Waals surface area contributed by atoms with Gasteiger partial charge in [-0.15, -0.1) is 0 Å². The van der Waals surface area contributed by atoms with Gasteiger partial charge in [0.25, 0.3) is 0 Å². The smallest absolute Gasteiger partial charge is 0.221 e. The molecule has 0 amide bonds. The van der Waals surface area contributed by atoms with Crippen LogP contribution in [0.2, 0.25) is 0 Å². The van der Waals surface area contributed by atoms with Gasteiger partial charge >= 0.3 is 0 Å². The Kier molecular flexibility index (Phi) is 3.14. The van der Waals surface area contributed by atoms with E-state index in [0.29, 0.717) is 12.8 Å². The summed E-state index contributed by atoms with van der Waals surface area (Å²) in [5.41, 5.74) is -0.782. The Morgan fingerprint density at radius 3 is 2.42 bits per heavy atom. The molecule has 6 heteroatoms. The largest absolute Gasteiger partial charge is 0.389 e. The van der Waals surface area contributed by atoms with Crippen LogP contribution in [-0.4, -0.2) is 30.3 Å². The third kappa shape index (κ3) is 2.69. The quantitative estimate of drug-likeness (QED) is 0.706. The minimum Gasteiger partial charge on any atom is -0.389 e. The Labute approximate surface area is 80.5 Å². The zero-order chi connectivity index (χ0) is 9.24. The van der Waals surface area contributed by atoms with Gasteiger partial charge in [-0.05, 0) is 19.3 Å². The van der Waals surface area contributed by atoms with E-state index in [9.17, 15) is 13.5 Å². The molecule has 0 saturated heterocycles. The third-order valence-electron chi connectivity index (χ3n) is 2.05. The maximum atomic E-state index is 10.9. The molecule has 0 aromatic carbocycles. The van der Waals surface area contributed by atoms with E-state index < -0.39 is 15.6 Å². The molecule has 12 heavy (non-hydrogen) atoms. The third-order valence-corrected chi connectivity index (χ3v) is 4.73. The molecule has 1 rings (SSSR count). The molecule has 0 atom stereocenters. The van der Waals surface area contributed by atoms with Gasteiger partial charge in [-0.2, -0.15) is 0 Å². The average Bonchev–Trinajstić information content (AvgIpc) is 1.98. The van der Waals surface area contributed by atoms with E-state index in [1.807, 2.05) is 0 Å². The van der Waals surface area contributed by atoms with Gasteiger partial charge in [-0.25, -0.2) is 13.1 Å². The van der Waals surface area contributed by atoms with Crippen LogP contribution in [0.15, 0.2) is 0 Å². The van der Waals surface area contributed by atoms with E-state index in [2.05, 4.69) is 20.7 Å². The Bertz CT molecular complexity index is 248. The molecule has 0 aromatic rings. The summed E-state index contributed by atoms with van der Waals surface area (Å²) in [6.07, 6.45) is 2.36. The highest BCUT2D eigenvalue weighted by Gasteiger charge is 2.34. The van der Waals surface area contributed by atoms with E-state index in [1.54, 1.807) is 0 Å². The first kappa shape index (κ1) is 10.4. The van der Waals surface area contributed by atoms with E-state index in [1.165, 1.54) is 0 Å². The van der Waals surface area contributed by atoms with Crippen LogP contribution in [0.4, 0.5) is 0 Å². The number of hydrogen-bond donors (Lipinski definition) is 2. The maximum Gasteiger partial charge on any atom is 0.221 e. The Morgan fingerprint density at radius 1 is 1.50 bits per heavy atom. The van der Waals surface area contributed by atoms with Crippen molar-refractivity contribution in [2.75, 3.05) is 11.2 Å². The predicted octanol–water partition coefficient (Wildman–Crippen LogP) is 0.173. The summed E-state index contributed by atoms with van der Waals surface area (Å²) >= 11 is 2.85. The van der Waals surface area contributed by atoms with Crippen LogP contribution in [0, 0.1) is 0 Å². The summed E-state index contributed by atoms with van der Waals surface area (Å²) in [5, 5.41) is 9.53. The molecule has 4 nitrogen and oxygen atoms in total. The lowest BCUT2D eigenvalue weighted by molar-refractivity contribution is -0.0270. The zero-order valence-corrected chi connectivity index (χ0v) is 8.99. The maximum absolute atomic E-state index is 10.9. The zero-order valence-electron chi connectivity index (χ0n) is 6.59. The molecular formula is C6H12BrNO3S. The van der Waals surface area contributed by atoms with E-state index in [0.717, 1.165) is 6.42 Å². The lowest BCUT2D eigenvalue weighted by Crippen LogP contribution is -2.47. The van der Waals surface area contributed by atoms with Gasteiger partial charge in [0.1, 0.15) is 4.66 Å². The summed E-state index contributed by atoms with van der Waals surface area (Å²) in [6.45, 7) is 0.140. The van der Waals surface area contributed by atoms with Gasteiger partial charge in [0.15, 0.2) is 0 Å². The van der Waals surface area contributed by atoms with Crippen molar-refractivity contribution in [1.82, 2.24) is 4.72 Å². The summed E-state index contributed by atoms with van der Waals surface area (Å²) in [5.74, 6) is 0. The highest BCUT2D eigenvalue weighted by molar-refractivity contribution is 9.10. The monoisotopic (exact) mass is 257 g/mol. The molecule has 1 fully saturated rings. The van der Waals surface area contributed by atoms with Crippen molar-refractivity contribution in [2.45, 2.75) is 24.9 Å². The van der Waals surface area contributed by atoms with Gasteiger partial charge in [0, 0.05) is 6.54 Å². The van der Waals surface area contributed by atoms with Crippen molar-refractivity contribution >= 4 is 26.0 Å². The van der Waals surface area contributed by atoms with Crippen LogP contribution < -0.4 is 4.72 Å². The van der Waals surface area contributed by atoms with Crippen molar-refractivity contribution in [3.05, 3.63) is 0 Å². The molecule has 0 aliphatic heterocycles. The highest BCUT2D eigenvalue weighted by Crippen LogP contribution is 2.30. The fraction of sp³-hybridized carbons (Fsp3) is 1.00. The minimum absolute atomic E-state index is 0.115. The Balaban J connectivity index is 2.35. The second-order valence-electron chi connectivity index (χ2n) is 3.12. The second-order valence-corrected chi connectivity index (χ2v) is 6.23. The summed E-state index contributed by atoms with van der Waals surface area (Å²) < 4.78 is 24.0. The molecule has 0 unspecified atom stereocenters. The molecule has 2 N–H and O–H groups in total. The van der Waals surface area contributed by atoms with Gasteiger partial charge in [-0.3, -0.25) is 0 Å².